The molecule has 0 fully saturated rings. The lowest BCUT2D eigenvalue weighted by molar-refractivity contribution is 0.335. The number of hydrogen-bond acceptors (Lipinski definition) is 5. The summed E-state index contributed by atoms with van der Waals surface area (Å²) in [5.41, 5.74) is 6.96. The largest absolute Gasteiger partial charge is 0.461 e. The number of furan rings is 1. The van der Waals surface area contributed by atoms with Crippen molar-refractivity contribution in [2.75, 3.05) is 0 Å². The first-order valence-corrected chi connectivity index (χ1v) is 5.71. The van der Waals surface area contributed by atoms with Gasteiger partial charge in [-0.3, -0.25) is 0 Å². The molecular formula is C12H17N3O2. The molecule has 0 amide bonds. The zero-order valence-electron chi connectivity index (χ0n) is 10.3. The van der Waals surface area contributed by atoms with Gasteiger partial charge in [0, 0.05) is 0 Å². The molecule has 0 bridgehead atoms. The summed E-state index contributed by atoms with van der Waals surface area (Å²) in [6, 6.07) is 1.64. The second-order valence-corrected chi connectivity index (χ2v) is 4.63. The lowest BCUT2D eigenvalue weighted by Crippen LogP contribution is -2.13. The normalized spacial score (nSPS) is 13.2. The van der Waals surface area contributed by atoms with Crippen molar-refractivity contribution in [1.82, 2.24) is 10.1 Å². The molecule has 0 aliphatic rings. The highest BCUT2D eigenvalue weighted by molar-refractivity contribution is 5.51. The van der Waals surface area contributed by atoms with Gasteiger partial charge in [-0.1, -0.05) is 19.0 Å². The lowest BCUT2D eigenvalue weighted by Gasteiger charge is -2.08. The molecule has 2 heterocycles. The highest BCUT2D eigenvalue weighted by Crippen LogP contribution is 2.24. The van der Waals surface area contributed by atoms with Gasteiger partial charge in [-0.25, -0.2) is 0 Å². The number of nitrogens with two attached hydrogens (primary N) is 1. The SMILES string of the molecule is Cc1ccoc1-c1noc([C@@H](N)CC(C)C)n1. The third kappa shape index (κ3) is 2.55. The van der Waals surface area contributed by atoms with E-state index in [1.54, 1.807) is 6.26 Å². The second kappa shape index (κ2) is 4.71. The van der Waals surface area contributed by atoms with Gasteiger partial charge in [0.05, 0.1) is 12.3 Å². The molecule has 2 aromatic rings. The van der Waals surface area contributed by atoms with Gasteiger partial charge in [-0.2, -0.15) is 4.98 Å². The van der Waals surface area contributed by atoms with Crippen LogP contribution < -0.4 is 5.73 Å². The molecule has 0 aromatic carbocycles. The predicted octanol–water partition coefficient (Wildman–Crippen LogP) is 2.68. The molecule has 0 saturated heterocycles. The Morgan fingerprint density at radius 3 is 2.76 bits per heavy atom. The Kier molecular flexibility index (Phi) is 3.28. The van der Waals surface area contributed by atoms with E-state index in [2.05, 4.69) is 24.0 Å². The van der Waals surface area contributed by atoms with Crippen molar-refractivity contribution in [3.8, 4) is 11.6 Å². The Labute approximate surface area is 100.0 Å². The summed E-state index contributed by atoms with van der Waals surface area (Å²) in [4.78, 5) is 4.27. The summed E-state index contributed by atoms with van der Waals surface area (Å²) >= 11 is 0. The molecule has 1 atom stereocenters. The van der Waals surface area contributed by atoms with E-state index >= 15 is 0 Å². The van der Waals surface area contributed by atoms with E-state index < -0.39 is 0 Å². The van der Waals surface area contributed by atoms with Crippen LogP contribution in [0.1, 0.15) is 37.8 Å². The molecule has 17 heavy (non-hydrogen) atoms. The van der Waals surface area contributed by atoms with E-state index in [0.29, 0.717) is 23.4 Å². The summed E-state index contributed by atoms with van der Waals surface area (Å²) < 4.78 is 10.5. The standard InChI is InChI=1S/C12H17N3O2/c1-7(2)6-9(13)12-14-11(15-17-12)10-8(3)4-5-16-10/h4-5,7,9H,6,13H2,1-3H3/t9-/m0/s1. The van der Waals surface area contributed by atoms with Crippen LogP contribution in [0.15, 0.2) is 21.3 Å². The average molecular weight is 235 g/mol. The lowest BCUT2D eigenvalue weighted by atomic mass is 10.0. The van der Waals surface area contributed by atoms with E-state index in [0.717, 1.165) is 12.0 Å². The predicted molar refractivity (Wildman–Crippen MR) is 63.1 cm³/mol. The van der Waals surface area contributed by atoms with Crippen molar-refractivity contribution in [3.05, 3.63) is 23.8 Å². The van der Waals surface area contributed by atoms with E-state index in [1.165, 1.54) is 0 Å². The smallest absolute Gasteiger partial charge is 0.243 e. The maximum absolute atomic E-state index is 5.97. The summed E-state index contributed by atoms with van der Waals surface area (Å²) in [5, 5.41) is 3.89. The maximum Gasteiger partial charge on any atom is 0.243 e. The van der Waals surface area contributed by atoms with E-state index in [-0.39, 0.29) is 6.04 Å². The summed E-state index contributed by atoms with van der Waals surface area (Å²) in [6.45, 7) is 6.14. The highest BCUT2D eigenvalue weighted by Gasteiger charge is 2.19. The van der Waals surface area contributed by atoms with Crippen molar-refractivity contribution in [2.24, 2.45) is 11.7 Å². The third-order valence-corrected chi connectivity index (χ3v) is 2.55. The van der Waals surface area contributed by atoms with E-state index in [9.17, 15) is 0 Å². The molecule has 0 unspecified atom stereocenters. The minimum Gasteiger partial charge on any atom is -0.461 e. The Balaban J connectivity index is 2.19. The molecule has 5 heteroatoms. The summed E-state index contributed by atoms with van der Waals surface area (Å²) in [7, 11) is 0. The van der Waals surface area contributed by atoms with Crippen LogP contribution in [0, 0.1) is 12.8 Å². The fourth-order valence-corrected chi connectivity index (χ4v) is 1.69. The Morgan fingerprint density at radius 2 is 2.18 bits per heavy atom. The van der Waals surface area contributed by atoms with E-state index in [4.69, 9.17) is 14.7 Å². The number of aromatic nitrogens is 2. The molecule has 92 valence electrons. The fourth-order valence-electron chi connectivity index (χ4n) is 1.69. The van der Waals surface area contributed by atoms with Crippen LogP contribution in [-0.2, 0) is 0 Å². The topological polar surface area (TPSA) is 78.1 Å². The van der Waals surface area contributed by atoms with Gasteiger partial charge >= 0.3 is 0 Å². The van der Waals surface area contributed by atoms with Crippen LogP contribution in [0.4, 0.5) is 0 Å². The van der Waals surface area contributed by atoms with Gasteiger partial charge in [0.25, 0.3) is 0 Å². The first-order valence-electron chi connectivity index (χ1n) is 5.71. The molecule has 0 radical (unpaired) electrons. The number of nitrogens with zero attached hydrogens (tertiary/aromatic N) is 2. The molecule has 2 rings (SSSR count). The van der Waals surface area contributed by atoms with Crippen molar-refractivity contribution >= 4 is 0 Å². The molecule has 0 aliphatic carbocycles. The Bertz CT molecular complexity index is 487. The van der Waals surface area contributed by atoms with Crippen LogP contribution >= 0.6 is 0 Å². The monoisotopic (exact) mass is 235 g/mol. The van der Waals surface area contributed by atoms with Gasteiger partial charge in [-0.15, -0.1) is 0 Å². The fraction of sp³-hybridized carbons (Fsp3) is 0.500. The van der Waals surface area contributed by atoms with Gasteiger partial charge in [0.1, 0.15) is 0 Å². The van der Waals surface area contributed by atoms with Crippen molar-refractivity contribution < 1.29 is 8.94 Å². The minimum atomic E-state index is -0.216. The second-order valence-electron chi connectivity index (χ2n) is 4.63. The molecule has 0 spiro atoms. The third-order valence-electron chi connectivity index (χ3n) is 2.55. The summed E-state index contributed by atoms with van der Waals surface area (Å²) in [6.07, 6.45) is 2.42. The zero-order chi connectivity index (χ0) is 12.4. The molecule has 2 N–H and O–H groups in total. The van der Waals surface area contributed by atoms with Crippen LogP contribution in [0.5, 0.6) is 0 Å². The number of rotatable bonds is 4. The molecule has 0 saturated carbocycles. The van der Waals surface area contributed by atoms with Crippen LogP contribution in [-0.4, -0.2) is 10.1 Å². The van der Waals surface area contributed by atoms with E-state index in [1.807, 2.05) is 13.0 Å². The average Bonchev–Trinajstić information content (AvgIpc) is 2.84. The summed E-state index contributed by atoms with van der Waals surface area (Å²) in [5.74, 6) is 2.05. The first-order chi connectivity index (χ1) is 8.08. The van der Waals surface area contributed by atoms with Gasteiger partial charge in [-0.05, 0) is 30.9 Å². The van der Waals surface area contributed by atoms with Crippen molar-refractivity contribution in [1.29, 1.82) is 0 Å². The van der Waals surface area contributed by atoms with Crippen LogP contribution in [0.2, 0.25) is 0 Å². The number of hydrogen-bond donors (Lipinski definition) is 1. The maximum atomic E-state index is 5.97. The quantitative estimate of drug-likeness (QED) is 0.881. The molecule has 0 aliphatic heterocycles. The van der Waals surface area contributed by atoms with Crippen LogP contribution in [0.25, 0.3) is 11.6 Å². The highest BCUT2D eigenvalue weighted by atomic mass is 16.5. The van der Waals surface area contributed by atoms with Crippen molar-refractivity contribution in [2.45, 2.75) is 33.2 Å². The minimum absolute atomic E-state index is 0.216. The number of aryl methyl sites for hydroxylation is 1. The molecule has 5 nitrogen and oxygen atoms in total. The Hall–Kier alpha value is -1.62. The van der Waals surface area contributed by atoms with Crippen LogP contribution in [0.3, 0.4) is 0 Å². The van der Waals surface area contributed by atoms with Crippen molar-refractivity contribution in [3.63, 3.8) is 0 Å². The molecule has 2 aromatic heterocycles. The zero-order valence-corrected chi connectivity index (χ0v) is 10.3. The first kappa shape index (κ1) is 11.9. The van der Waals surface area contributed by atoms with Gasteiger partial charge in [0.2, 0.25) is 11.7 Å². The molecular weight excluding hydrogens is 218 g/mol. The van der Waals surface area contributed by atoms with Gasteiger partial charge in [0.15, 0.2) is 5.76 Å². The Morgan fingerprint density at radius 1 is 1.41 bits per heavy atom. The van der Waals surface area contributed by atoms with Gasteiger partial charge < -0.3 is 14.7 Å².